The Balaban J connectivity index is 1.03. The minimum atomic E-state index is 0.915. The van der Waals surface area contributed by atoms with Crippen molar-refractivity contribution >= 4 is 120 Å². The molecular weight excluding hydrogens is 709 g/mol. The molecule has 0 fully saturated rings. The number of benzene rings is 9. The van der Waals surface area contributed by atoms with Crippen LogP contribution < -0.4 is 0 Å². The Labute approximate surface area is 328 Å². The quantitative estimate of drug-likeness (QED) is 0.177. The van der Waals surface area contributed by atoms with Crippen LogP contribution in [0.15, 0.2) is 179 Å². The second kappa shape index (κ2) is 10.1. The highest BCUT2D eigenvalue weighted by Crippen LogP contribution is 2.49. The van der Waals surface area contributed by atoms with Gasteiger partial charge in [0.1, 0.15) is 22.3 Å². The first kappa shape index (κ1) is 29.5. The molecule has 0 amide bonds. The molecule has 0 unspecified atom stereocenters. The minimum Gasteiger partial charge on any atom is -0.456 e. The normalized spacial score (nSPS) is 12.8. The van der Waals surface area contributed by atoms with Gasteiger partial charge in [0.2, 0.25) is 0 Å². The van der Waals surface area contributed by atoms with E-state index in [9.17, 15) is 0 Å². The van der Waals surface area contributed by atoms with Crippen LogP contribution in [0.2, 0.25) is 0 Å². The maximum absolute atomic E-state index is 6.23. The van der Waals surface area contributed by atoms with E-state index in [1.54, 1.807) is 0 Å². The monoisotopic (exact) mass is 736 g/mol. The first-order valence-electron chi connectivity index (χ1n) is 19.9. The second-order valence-electron chi connectivity index (χ2n) is 16.0. The molecule has 0 saturated carbocycles. The molecule has 0 aliphatic heterocycles. The van der Waals surface area contributed by atoms with Crippen LogP contribution in [-0.2, 0) is 0 Å². The van der Waals surface area contributed by atoms with E-state index in [-0.39, 0.29) is 0 Å². The topological polar surface area (TPSA) is 35.1 Å². The number of fused-ring (bicyclic) bond motifs is 18. The summed E-state index contributed by atoms with van der Waals surface area (Å²) < 4.78 is 17.5. The summed E-state index contributed by atoms with van der Waals surface area (Å²) in [6, 6.07) is 62.1. The predicted octanol–water partition coefficient (Wildman–Crippen LogP) is 15.1. The number of para-hydroxylation sites is 4. The highest BCUT2D eigenvalue weighted by molar-refractivity contribution is 6.32. The molecule has 0 saturated heterocycles. The molecule has 6 aromatic heterocycles. The Bertz CT molecular complexity index is 3990. The zero-order valence-corrected chi connectivity index (χ0v) is 30.9. The number of furan rings is 2. The maximum Gasteiger partial charge on any atom is 0.135 e. The van der Waals surface area contributed by atoms with Crippen molar-refractivity contribution < 1.29 is 8.83 Å². The van der Waals surface area contributed by atoms with Crippen LogP contribution in [-0.4, -0.2) is 8.80 Å². The van der Waals surface area contributed by atoms with Gasteiger partial charge in [0.15, 0.2) is 0 Å². The van der Waals surface area contributed by atoms with Gasteiger partial charge < -0.3 is 17.6 Å². The van der Waals surface area contributed by atoms with Crippen LogP contribution in [0.5, 0.6) is 0 Å². The highest BCUT2D eigenvalue weighted by Gasteiger charge is 2.25. The van der Waals surface area contributed by atoms with Gasteiger partial charge in [-0.25, -0.2) is 0 Å². The van der Waals surface area contributed by atoms with Gasteiger partial charge in [-0.3, -0.25) is 0 Å². The fourth-order valence-electron chi connectivity index (χ4n) is 10.8. The maximum atomic E-state index is 6.23. The van der Waals surface area contributed by atoms with Crippen LogP contribution in [0.1, 0.15) is 0 Å². The summed E-state index contributed by atoms with van der Waals surface area (Å²) in [7, 11) is 0. The lowest BCUT2D eigenvalue weighted by atomic mass is 9.95. The Hall–Kier alpha value is -7.82. The zero-order valence-electron chi connectivity index (χ0n) is 30.9. The minimum absolute atomic E-state index is 0.915. The molecule has 0 N–H and O–H groups in total. The smallest absolute Gasteiger partial charge is 0.135 e. The lowest BCUT2D eigenvalue weighted by Crippen LogP contribution is -1.82. The number of nitrogens with zero attached hydrogens (tertiary/aromatic N) is 2. The Morgan fingerprint density at radius 3 is 1.17 bits per heavy atom. The van der Waals surface area contributed by atoms with Crippen LogP contribution in [0.3, 0.4) is 0 Å². The van der Waals surface area contributed by atoms with Crippen molar-refractivity contribution in [1.29, 1.82) is 0 Å². The van der Waals surface area contributed by atoms with Crippen molar-refractivity contribution in [2.45, 2.75) is 0 Å². The van der Waals surface area contributed by atoms with Crippen molar-refractivity contribution in [2.75, 3.05) is 0 Å². The van der Waals surface area contributed by atoms with Crippen LogP contribution in [0.25, 0.3) is 142 Å². The summed E-state index contributed by atoms with van der Waals surface area (Å²) in [4.78, 5) is 0. The van der Waals surface area contributed by atoms with Gasteiger partial charge >= 0.3 is 0 Å². The molecule has 0 spiro atoms. The fourth-order valence-corrected chi connectivity index (χ4v) is 10.8. The predicted molar refractivity (Wildman–Crippen MR) is 241 cm³/mol. The summed E-state index contributed by atoms with van der Waals surface area (Å²) in [5.41, 5.74) is 16.0. The number of hydrogen-bond donors (Lipinski definition) is 0. The molecule has 4 nitrogen and oxygen atoms in total. The van der Waals surface area contributed by atoms with E-state index in [0.29, 0.717) is 0 Å². The summed E-state index contributed by atoms with van der Waals surface area (Å²) >= 11 is 0. The molecule has 15 rings (SSSR count). The standard InChI is InChI=1S/C54H28N2O2/c1-5-13-43-37(11-1)51-31(29-17-23-49-41(25-29)33-9-3-7-15-47(33)57-49)19-21-35-39-28-46-40(27-45(39)55(43)53(35)51)36-22-20-32(52-38-12-2-6-14-44(38)56(46)54(36)52)30-18-24-50-42(26-30)34-10-4-8-16-48(34)58-50/h1-28H. The molecule has 266 valence electrons. The molecule has 0 bridgehead atoms. The number of hydrogen-bond acceptors (Lipinski definition) is 2. The highest BCUT2D eigenvalue weighted by atomic mass is 16.3. The third-order valence-electron chi connectivity index (χ3n) is 13.2. The molecular formula is C54H28N2O2. The van der Waals surface area contributed by atoms with E-state index in [1.807, 2.05) is 12.1 Å². The molecule has 0 radical (unpaired) electrons. The van der Waals surface area contributed by atoms with Crippen LogP contribution in [0.4, 0.5) is 0 Å². The SMILES string of the molecule is c1ccc2c(c1)oc1ccc(-c3ccc4c5cc6c(cc5n5c7ccccc7c3c45)c3ccc(-c4ccc5oc7ccccc7c5c4)c4c5ccccc5n6c34)cc12. The molecule has 0 aliphatic carbocycles. The molecule has 58 heavy (non-hydrogen) atoms. The fraction of sp³-hybridized carbons (Fsp3) is 0. The summed E-state index contributed by atoms with van der Waals surface area (Å²) in [5, 5.41) is 14.8. The average molecular weight is 737 g/mol. The van der Waals surface area contributed by atoms with Gasteiger partial charge in [0, 0.05) is 64.6 Å². The van der Waals surface area contributed by atoms with Gasteiger partial charge in [-0.15, -0.1) is 0 Å². The number of aromatic nitrogens is 2. The zero-order chi connectivity index (χ0) is 37.4. The van der Waals surface area contributed by atoms with E-state index in [1.165, 1.54) is 98.4 Å². The van der Waals surface area contributed by atoms with Gasteiger partial charge in [0.05, 0.1) is 33.1 Å². The lowest BCUT2D eigenvalue weighted by Gasteiger charge is -2.07. The van der Waals surface area contributed by atoms with E-state index in [4.69, 9.17) is 8.83 Å². The average Bonchev–Trinajstić information content (AvgIpc) is 4.12. The first-order chi connectivity index (χ1) is 28.8. The number of rotatable bonds is 2. The van der Waals surface area contributed by atoms with Crippen molar-refractivity contribution in [2.24, 2.45) is 0 Å². The summed E-state index contributed by atoms with van der Waals surface area (Å²) in [6.45, 7) is 0. The van der Waals surface area contributed by atoms with Crippen molar-refractivity contribution in [1.82, 2.24) is 8.80 Å². The van der Waals surface area contributed by atoms with E-state index in [0.717, 1.165) is 43.9 Å². The first-order valence-corrected chi connectivity index (χ1v) is 19.9. The largest absolute Gasteiger partial charge is 0.456 e. The molecule has 9 aromatic carbocycles. The molecule has 6 heterocycles. The van der Waals surface area contributed by atoms with Crippen molar-refractivity contribution in [3.8, 4) is 22.3 Å². The second-order valence-corrected chi connectivity index (χ2v) is 16.0. The van der Waals surface area contributed by atoms with Crippen molar-refractivity contribution in [3.63, 3.8) is 0 Å². The van der Waals surface area contributed by atoms with E-state index >= 15 is 0 Å². The Morgan fingerprint density at radius 2 is 0.690 bits per heavy atom. The summed E-state index contributed by atoms with van der Waals surface area (Å²) in [5.74, 6) is 0. The molecule has 15 aromatic rings. The molecule has 0 aliphatic rings. The third kappa shape index (κ3) is 3.46. The van der Waals surface area contributed by atoms with Crippen LogP contribution >= 0.6 is 0 Å². The van der Waals surface area contributed by atoms with Crippen molar-refractivity contribution in [3.05, 3.63) is 170 Å². The van der Waals surface area contributed by atoms with Gasteiger partial charge in [-0.2, -0.15) is 0 Å². The molecule has 4 heteroatoms. The van der Waals surface area contributed by atoms with Gasteiger partial charge in [-0.1, -0.05) is 109 Å². The Kier molecular flexibility index (Phi) is 5.14. The summed E-state index contributed by atoms with van der Waals surface area (Å²) in [6.07, 6.45) is 0. The van der Waals surface area contributed by atoms with Crippen LogP contribution in [0, 0.1) is 0 Å². The third-order valence-corrected chi connectivity index (χ3v) is 13.2. The van der Waals surface area contributed by atoms with Gasteiger partial charge in [-0.05, 0) is 82.9 Å². The molecule has 0 atom stereocenters. The Morgan fingerprint density at radius 1 is 0.276 bits per heavy atom. The van der Waals surface area contributed by atoms with Gasteiger partial charge in [0.25, 0.3) is 0 Å². The lowest BCUT2D eigenvalue weighted by molar-refractivity contribution is 0.668. The van der Waals surface area contributed by atoms with E-state index < -0.39 is 0 Å². The van der Waals surface area contributed by atoms with E-state index in [2.05, 4.69) is 167 Å².